The van der Waals surface area contributed by atoms with Crippen LogP contribution in [0.15, 0.2) is 182 Å². The molecule has 0 fully saturated rings. The van der Waals surface area contributed by atoms with Crippen LogP contribution in [0, 0.1) is 6.08 Å². The lowest BCUT2D eigenvalue weighted by atomic mass is 9.69. The third kappa shape index (κ3) is 3.61. The minimum absolute atomic E-state index is 0.426. The zero-order chi connectivity index (χ0) is 37.6. The molecule has 2 nitrogen and oxygen atoms in total. The summed E-state index contributed by atoms with van der Waals surface area (Å²) in [6, 6.07) is 58.5. The molecule has 0 bridgehead atoms. The number of nitrogens with two attached hydrogens (primary N) is 2. The maximum absolute atomic E-state index is 7.11. The molecule has 7 aromatic carbocycles. The minimum Gasteiger partial charge on any atom is -0.396 e. The molecule has 2 spiro atoms. The number of thiophene rings is 1. The van der Waals surface area contributed by atoms with E-state index >= 15 is 0 Å². The third-order valence-electron chi connectivity index (χ3n) is 13.4. The Hall–Kier alpha value is -7.03. The molecule has 8 aromatic rings. The fraction of sp³-hybridized carbons (Fsp3) is 0.0370. The second-order valence-electron chi connectivity index (χ2n) is 15.8. The van der Waals surface area contributed by atoms with Crippen LogP contribution in [-0.2, 0) is 10.8 Å². The normalized spacial score (nSPS) is 15.8. The average Bonchev–Trinajstić information content (AvgIpc) is 4.02. The molecule has 3 heteroatoms. The number of anilines is 2. The monoisotopic (exact) mass is 741 g/mol. The van der Waals surface area contributed by atoms with Crippen LogP contribution < -0.4 is 11.5 Å². The molecule has 0 radical (unpaired) electrons. The second-order valence-corrected chi connectivity index (χ2v) is 16.8. The molecule has 0 unspecified atom stereocenters. The van der Waals surface area contributed by atoms with Crippen molar-refractivity contribution in [3.05, 3.63) is 232 Å². The number of benzene rings is 7. The molecule has 0 saturated heterocycles. The molecule has 5 aliphatic carbocycles. The Kier molecular flexibility index (Phi) is 5.93. The van der Waals surface area contributed by atoms with Crippen molar-refractivity contribution in [2.75, 3.05) is 11.5 Å². The quantitative estimate of drug-likeness (QED) is 0.173. The first-order chi connectivity index (χ1) is 28.1. The van der Waals surface area contributed by atoms with Gasteiger partial charge in [-0.2, -0.15) is 0 Å². The first-order valence-corrected chi connectivity index (χ1v) is 20.4. The summed E-state index contributed by atoms with van der Waals surface area (Å²) in [5.74, 6) is 0. The summed E-state index contributed by atoms with van der Waals surface area (Å²) >= 11 is 1.70. The lowest BCUT2D eigenvalue weighted by Crippen LogP contribution is -2.27. The van der Waals surface area contributed by atoms with Crippen molar-refractivity contribution in [3.63, 3.8) is 0 Å². The van der Waals surface area contributed by atoms with Gasteiger partial charge in [0.2, 0.25) is 0 Å². The van der Waals surface area contributed by atoms with Crippen LogP contribution in [0.3, 0.4) is 0 Å². The van der Waals surface area contributed by atoms with Gasteiger partial charge in [0.15, 0.2) is 0 Å². The summed E-state index contributed by atoms with van der Waals surface area (Å²) in [7, 11) is 0. The Bertz CT molecular complexity index is 3110. The van der Waals surface area contributed by atoms with E-state index in [0.29, 0.717) is 11.4 Å². The van der Waals surface area contributed by atoms with Crippen LogP contribution >= 0.6 is 11.3 Å². The predicted molar refractivity (Wildman–Crippen MR) is 236 cm³/mol. The van der Waals surface area contributed by atoms with Gasteiger partial charge in [0, 0.05) is 11.6 Å². The summed E-state index contributed by atoms with van der Waals surface area (Å²) < 4.78 is 0. The van der Waals surface area contributed by atoms with Crippen molar-refractivity contribution >= 4 is 28.3 Å². The standard InChI is InChI=1S/C54H33N2S/c55-49-50(56)52(32-26-28-40-38-18-6-12-24-46(38)54(48(40)30-32)43-21-9-3-15-35(43)36-16-4-10-22-44(36)54)57-51(49)31-25-27-39-37-17-5-11-23-45(37)53(47(39)29-31)41-19-7-1-13-33(41)34-14-2-8-20-42(34)53/h1-5,7-30H,55-56H2/q+1. The highest BCUT2D eigenvalue weighted by molar-refractivity contribution is 7.20. The summed E-state index contributed by atoms with van der Waals surface area (Å²) in [5, 5.41) is 0. The molecular weight excluding hydrogens is 709 g/mol. The lowest BCUT2D eigenvalue weighted by Gasteiger charge is -2.30. The highest BCUT2D eigenvalue weighted by Gasteiger charge is 2.56. The van der Waals surface area contributed by atoms with Gasteiger partial charge in [-0.25, -0.2) is 0 Å². The number of hydrogen-bond acceptors (Lipinski definition) is 3. The zero-order valence-corrected chi connectivity index (χ0v) is 31.6. The number of fused-ring (bicyclic) bond motifs is 19. The van der Waals surface area contributed by atoms with Crippen molar-refractivity contribution < 1.29 is 0 Å². The predicted octanol–water partition coefficient (Wildman–Crippen LogP) is 12.6. The molecule has 0 amide bonds. The molecule has 0 aliphatic heterocycles. The van der Waals surface area contributed by atoms with Gasteiger partial charge >= 0.3 is 0 Å². The highest BCUT2D eigenvalue weighted by atomic mass is 32.1. The van der Waals surface area contributed by atoms with Crippen LogP contribution in [0.25, 0.3) is 59.8 Å². The van der Waals surface area contributed by atoms with Crippen LogP contribution in [0.5, 0.6) is 0 Å². The van der Waals surface area contributed by atoms with Crippen molar-refractivity contribution in [1.82, 2.24) is 0 Å². The second kappa shape index (κ2) is 10.8. The molecule has 0 saturated carbocycles. The Morgan fingerprint density at radius 1 is 0.404 bits per heavy atom. The molecule has 0 atom stereocenters. The first kappa shape index (κ1) is 31.2. The SMILES string of the molecule is Nc1c(-c2ccc3c(c2)C2(C4=C3C=[C+]C=C4)c3ccccc3-c3ccccc32)sc(-c2ccc3c(c2)C2(c4ccccc4-c4ccccc42)c2ccccc2-3)c1N. The molecule has 1 aromatic heterocycles. The van der Waals surface area contributed by atoms with Gasteiger partial charge in [-0.05, 0) is 102 Å². The average molecular weight is 742 g/mol. The van der Waals surface area contributed by atoms with Gasteiger partial charge in [-0.15, -0.1) is 11.3 Å². The van der Waals surface area contributed by atoms with Crippen molar-refractivity contribution in [1.29, 1.82) is 0 Å². The smallest absolute Gasteiger partial charge is 0.111 e. The first-order valence-electron chi connectivity index (χ1n) is 19.6. The van der Waals surface area contributed by atoms with Crippen molar-refractivity contribution in [2.24, 2.45) is 0 Å². The molecule has 13 rings (SSSR count). The summed E-state index contributed by atoms with van der Waals surface area (Å²) in [4.78, 5) is 2.00. The van der Waals surface area contributed by atoms with E-state index in [-0.39, 0.29) is 0 Å². The highest BCUT2D eigenvalue weighted by Crippen LogP contribution is 2.65. The van der Waals surface area contributed by atoms with Crippen molar-refractivity contribution in [3.8, 4) is 54.3 Å². The molecule has 57 heavy (non-hydrogen) atoms. The summed E-state index contributed by atoms with van der Waals surface area (Å²) in [6.45, 7) is 0. The lowest BCUT2D eigenvalue weighted by molar-refractivity contribution is 0.786. The fourth-order valence-corrected chi connectivity index (χ4v) is 12.4. The van der Waals surface area contributed by atoms with Gasteiger partial charge in [-0.1, -0.05) is 140 Å². The Morgan fingerprint density at radius 2 is 0.789 bits per heavy atom. The molecule has 1 heterocycles. The Balaban J connectivity index is 1.01. The zero-order valence-electron chi connectivity index (χ0n) is 30.8. The van der Waals surface area contributed by atoms with Gasteiger partial charge in [0.1, 0.15) is 12.2 Å². The minimum atomic E-state index is -0.444. The van der Waals surface area contributed by atoms with Gasteiger partial charge < -0.3 is 11.5 Å². The number of rotatable bonds is 2. The van der Waals surface area contributed by atoms with E-state index < -0.39 is 10.8 Å². The van der Waals surface area contributed by atoms with E-state index in [0.717, 1.165) is 20.9 Å². The maximum Gasteiger partial charge on any atom is 0.111 e. The number of hydrogen-bond donors (Lipinski definition) is 2. The van der Waals surface area contributed by atoms with E-state index in [1.807, 2.05) is 0 Å². The maximum atomic E-state index is 7.11. The molecule has 5 aliphatic rings. The van der Waals surface area contributed by atoms with E-state index in [4.69, 9.17) is 11.5 Å². The van der Waals surface area contributed by atoms with Gasteiger partial charge in [-0.3, -0.25) is 0 Å². The van der Waals surface area contributed by atoms with E-state index in [1.165, 1.54) is 89.0 Å². The van der Waals surface area contributed by atoms with Crippen LogP contribution in [0.1, 0.15) is 44.5 Å². The summed E-state index contributed by atoms with van der Waals surface area (Å²) in [6.07, 6.45) is 9.87. The Labute approximate surface area is 335 Å². The van der Waals surface area contributed by atoms with E-state index in [9.17, 15) is 0 Å². The third-order valence-corrected chi connectivity index (χ3v) is 14.8. The van der Waals surface area contributed by atoms with Crippen LogP contribution in [-0.4, -0.2) is 0 Å². The van der Waals surface area contributed by atoms with Gasteiger partial charge in [0.25, 0.3) is 0 Å². The summed E-state index contributed by atoms with van der Waals surface area (Å²) in [5.41, 5.74) is 37.4. The van der Waals surface area contributed by atoms with Crippen LogP contribution in [0.2, 0.25) is 0 Å². The topological polar surface area (TPSA) is 52.0 Å². The number of allylic oxidation sites excluding steroid dienone is 6. The molecule has 264 valence electrons. The van der Waals surface area contributed by atoms with Crippen LogP contribution in [0.4, 0.5) is 11.4 Å². The van der Waals surface area contributed by atoms with E-state index in [1.54, 1.807) is 11.3 Å². The molecule has 4 N–H and O–H groups in total. The largest absolute Gasteiger partial charge is 0.396 e. The van der Waals surface area contributed by atoms with E-state index in [2.05, 4.69) is 182 Å². The van der Waals surface area contributed by atoms with Crippen molar-refractivity contribution in [2.45, 2.75) is 10.8 Å². The Morgan fingerprint density at radius 3 is 1.26 bits per heavy atom. The number of nitrogen functional groups attached to an aromatic ring is 2. The van der Waals surface area contributed by atoms with Gasteiger partial charge in [0.05, 0.1) is 49.2 Å². The molecular formula is C54H33N2S+. The fourth-order valence-electron chi connectivity index (χ4n) is 11.3.